The highest BCUT2D eigenvalue weighted by atomic mass is 16.5. The predicted octanol–water partition coefficient (Wildman–Crippen LogP) is 1.76. The average Bonchev–Trinajstić information content (AvgIpc) is 3.36. The van der Waals surface area contributed by atoms with Gasteiger partial charge in [-0.25, -0.2) is 4.68 Å². The van der Waals surface area contributed by atoms with E-state index in [0.717, 1.165) is 28.7 Å². The number of ether oxygens (including phenoxy) is 1. The van der Waals surface area contributed by atoms with Crippen molar-refractivity contribution < 1.29 is 19.1 Å². The molecule has 2 heterocycles. The zero-order valence-electron chi connectivity index (χ0n) is 20.3. The van der Waals surface area contributed by atoms with Crippen molar-refractivity contribution in [1.29, 1.82) is 0 Å². The van der Waals surface area contributed by atoms with Crippen molar-refractivity contribution in [3.05, 3.63) is 69.6 Å². The summed E-state index contributed by atoms with van der Waals surface area (Å²) < 4.78 is 6.61. The Labute approximate surface area is 208 Å². The molecular formula is C26H29N5O5. The van der Waals surface area contributed by atoms with Crippen molar-refractivity contribution in [1.82, 2.24) is 14.7 Å². The molecular weight excluding hydrogens is 462 g/mol. The lowest BCUT2D eigenvalue weighted by molar-refractivity contribution is -0.137. The fourth-order valence-electron chi connectivity index (χ4n) is 4.29. The Kier molecular flexibility index (Phi) is 7.44. The number of anilines is 1. The molecule has 10 heteroatoms. The van der Waals surface area contributed by atoms with E-state index in [1.165, 1.54) is 4.90 Å². The number of carbonyl (C=O) groups excluding carboxylic acids is 3. The third-order valence-electron chi connectivity index (χ3n) is 6.40. The third-order valence-corrected chi connectivity index (χ3v) is 6.40. The van der Waals surface area contributed by atoms with E-state index < -0.39 is 23.9 Å². The lowest BCUT2D eigenvalue weighted by Gasteiger charge is -2.25. The summed E-state index contributed by atoms with van der Waals surface area (Å²) in [6, 6.07) is 12.1. The number of aryl methyl sites for hydroxylation is 1. The first-order valence-corrected chi connectivity index (χ1v) is 11.8. The van der Waals surface area contributed by atoms with Gasteiger partial charge in [0.05, 0.1) is 11.5 Å². The number of carbonyl (C=O) groups is 3. The molecule has 3 aromatic rings. The second kappa shape index (κ2) is 10.7. The molecule has 36 heavy (non-hydrogen) atoms. The zero-order chi connectivity index (χ0) is 25.8. The summed E-state index contributed by atoms with van der Waals surface area (Å²) in [5.41, 5.74) is 7.49. The second-order valence-corrected chi connectivity index (χ2v) is 8.93. The van der Waals surface area contributed by atoms with Gasteiger partial charge in [0, 0.05) is 24.2 Å². The second-order valence-electron chi connectivity index (χ2n) is 8.93. The fraction of sp³-hybridized carbons (Fsp3) is 0.346. The van der Waals surface area contributed by atoms with Crippen LogP contribution in [-0.4, -0.2) is 58.2 Å². The SMILES string of the molecule is Cc1cccc(NC(=O)CN(CC2CCCO2)C(=O)Cn2nc(C(N)=O)c3ccccc3c2=O)c1C. The van der Waals surface area contributed by atoms with Crippen molar-refractivity contribution in [2.24, 2.45) is 5.73 Å². The quantitative estimate of drug-likeness (QED) is 0.493. The number of fused-ring (bicyclic) bond motifs is 1. The maximum absolute atomic E-state index is 13.4. The lowest BCUT2D eigenvalue weighted by Crippen LogP contribution is -2.45. The molecule has 1 aliphatic rings. The van der Waals surface area contributed by atoms with Gasteiger partial charge in [-0.05, 0) is 49.9 Å². The number of nitrogens with zero attached hydrogens (tertiary/aromatic N) is 3. The Hall–Kier alpha value is -4.05. The van der Waals surface area contributed by atoms with E-state index >= 15 is 0 Å². The van der Waals surface area contributed by atoms with E-state index in [0.29, 0.717) is 17.7 Å². The van der Waals surface area contributed by atoms with Crippen LogP contribution in [0, 0.1) is 13.8 Å². The molecule has 1 saturated heterocycles. The molecule has 1 aromatic heterocycles. The Morgan fingerprint density at radius 1 is 1.14 bits per heavy atom. The highest BCUT2D eigenvalue weighted by Gasteiger charge is 2.26. The van der Waals surface area contributed by atoms with Gasteiger partial charge in [0.25, 0.3) is 11.5 Å². The summed E-state index contributed by atoms with van der Waals surface area (Å²) in [6.45, 7) is 3.98. The number of nitrogens with one attached hydrogen (secondary N) is 1. The average molecular weight is 492 g/mol. The van der Waals surface area contributed by atoms with Gasteiger partial charge in [-0.2, -0.15) is 5.10 Å². The Morgan fingerprint density at radius 2 is 1.89 bits per heavy atom. The van der Waals surface area contributed by atoms with E-state index in [4.69, 9.17) is 10.5 Å². The number of hydrogen-bond donors (Lipinski definition) is 2. The summed E-state index contributed by atoms with van der Waals surface area (Å²) in [7, 11) is 0. The van der Waals surface area contributed by atoms with Crippen LogP contribution in [0.5, 0.6) is 0 Å². The van der Waals surface area contributed by atoms with Gasteiger partial charge < -0.3 is 20.7 Å². The number of hydrogen-bond acceptors (Lipinski definition) is 6. The summed E-state index contributed by atoms with van der Waals surface area (Å²) in [5, 5.41) is 7.49. The van der Waals surface area contributed by atoms with Crippen LogP contribution in [0.1, 0.15) is 34.5 Å². The highest BCUT2D eigenvalue weighted by Crippen LogP contribution is 2.19. The molecule has 4 rings (SSSR count). The van der Waals surface area contributed by atoms with Crippen molar-refractivity contribution >= 4 is 34.2 Å². The summed E-state index contributed by atoms with van der Waals surface area (Å²) >= 11 is 0. The molecule has 3 N–H and O–H groups in total. The predicted molar refractivity (Wildman–Crippen MR) is 135 cm³/mol. The van der Waals surface area contributed by atoms with Gasteiger partial charge in [-0.1, -0.05) is 30.3 Å². The standard InChI is InChI=1S/C26H29N5O5/c1-16-7-5-11-21(17(16)2)28-22(32)14-30(13-18-8-6-12-36-18)23(33)15-31-26(35)20-10-4-3-9-19(20)24(29-31)25(27)34/h3-5,7,9-11,18H,6,8,12-15H2,1-2H3,(H2,27,34)(H,28,32). The molecule has 1 unspecified atom stereocenters. The minimum absolute atomic E-state index is 0.101. The molecule has 0 bridgehead atoms. The molecule has 3 amide bonds. The first-order valence-electron chi connectivity index (χ1n) is 11.8. The minimum Gasteiger partial charge on any atom is -0.376 e. The highest BCUT2D eigenvalue weighted by molar-refractivity contribution is 6.04. The van der Waals surface area contributed by atoms with Crippen LogP contribution in [-0.2, 0) is 20.9 Å². The van der Waals surface area contributed by atoms with Crippen LogP contribution in [0.15, 0.2) is 47.3 Å². The van der Waals surface area contributed by atoms with Crippen LogP contribution < -0.4 is 16.6 Å². The molecule has 0 aliphatic carbocycles. The third kappa shape index (κ3) is 5.44. The molecule has 10 nitrogen and oxygen atoms in total. The number of rotatable bonds is 8. The number of nitrogens with two attached hydrogens (primary N) is 1. The van der Waals surface area contributed by atoms with E-state index in [2.05, 4.69) is 10.4 Å². The largest absolute Gasteiger partial charge is 0.376 e. The van der Waals surface area contributed by atoms with Crippen molar-refractivity contribution in [2.75, 3.05) is 25.0 Å². The number of benzene rings is 2. The maximum Gasteiger partial charge on any atom is 0.275 e. The molecule has 0 saturated carbocycles. The normalized spacial score (nSPS) is 15.1. The topological polar surface area (TPSA) is 137 Å². The van der Waals surface area contributed by atoms with Crippen LogP contribution >= 0.6 is 0 Å². The Balaban J connectivity index is 1.59. The van der Waals surface area contributed by atoms with E-state index in [-0.39, 0.29) is 36.2 Å². The smallest absolute Gasteiger partial charge is 0.275 e. The van der Waals surface area contributed by atoms with Crippen LogP contribution in [0.25, 0.3) is 10.8 Å². The first kappa shape index (κ1) is 25.1. The van der Waals surface area contributed by atoms with Gasteiger partial charge in [0.1, 0.15) is 13.1 Å². The first-order chi connectivity index (χ1) is 17.2. The van der Waals surface area contributed by atoms with Crippen LogP contribution in [0.4, 0.5) is 5.69 Å². The number of primary amides is 1. The van der Waals surface area contributed by atoms with Crippen molar-refractivity contribution in [2.45, 2.75) is 39.3 Å². The molecule has 2 aromatic carbocycles. The number of aromatic nitrogens is 2. The van der Waals surface area contributed by atoms with Crippen molar-refractivity contribution in [3.8, 4) is 0 Å². The molecule has 0 radical (unpaired) electrons. The van der Waals surface area contributed by atoms with E-state index in [1.807, 2.05) is 26.0 Å². The van der Waals surface area contributed by atoms with Gasteiger partial charge in [-0.3, -0.25) is 19.2 Å². The summed E-state index contributed by atoms with van der Waals surface area (Å²) in [5.74, 6) is -1.68. The molecule has 1 fully saturated rings. The Bertz CT molecular complexity index is 1380. The molecule has 0 spiro atoms. The van der Waals surface area contributed by atoms with E-state index in [1.54, 1.807) is 30.3 Å². The van der Waals surface area contributed by atoms with Crippen LogP contribution in [0.2, 0.25) is 0 Å². The van der Waals surface area contributed by atoms with Gasteiger partial charge in [-0.15, -0.1) is 0 Å². The molecule has 1 atom stereocenters. The Morgan fingerprint density at radius 3 is 2.58 bits per heavy atom. The number of amides is 3. The monoisotopic (exact) mass is 491 g/mol. The minimum atomic E-state index is -0.809. The van der Waals surface area contributed by atoms with E-state index in [9.17, 15) is 19.2 Å². The van der Waals surface area contributed by atoms with Gasteiger partial charge >= 0.3 is 0 Å². The molecule has 1 aliphatic heterocycles. The molecule has 188 valence electrons. The van der Waals surface area contributed by atoms with Gasteiger partial charge in [0.2, 0.25) is 11.8 Å². The summed E-state index contributed by atoms with van der Waals surface area (Å²) in [6.07, 6.45) is 1.43. The van der Waals surface area contributed by atoms with Gasteiger partial charge in [0.15, 0.2) is 5.69 Å². The van der Waals surface area contributed by atoms with Crippen LogP contribution in [0.3, 0.4) is 0 Å². The van der Waals surface area contributed by atoms with Crippen molar-refractivity contribution in [3.63, 3.8) is 0 Å². The maximum atomic E-state index is 13.4. The lowest BCUT2D eigenvalue weighted by atomic mass is 10.1. The summed E-state index contributed by atoms with van der Waals surface area (Å²) in [4.78, 5) is 52.6. The zero-order valence-corrected chi connectivity index (χ0v) is 20.3. The fourth-order valence-corrected chi connectivity index (χ4v) is 4.29.